The smallest absolute Gasteiger partial charge is 0.0408 e. The zero-order valence-electron chi connectivity index (χ0n) is 10.2. The molecule has 1 nitrogen and oxygen atoms in total. The van der Waals surface area contributed by atoms with E-state index in [1.165, 1.54) is 56.2 Å². The maximum atomic E-state index is 6.03. The first-order valence-electron chi connectivity index (χ1n) is 6.84. The molecule has 1 unspecified atom stereocenters. The van der Waals surface area contributed by atoms with Gasteiger partial charge in [-0.3, -0.25) is 0 Å². The van der Waals surface area contributed by atoms with Gasteiger partial charge in [0, 0.05) is 11.1 Å². The highest BCUT2D eigenvalue weighted by atomic mass is 35.5. The summed E-state index contributed by atoms with van der Waals surface area (Å²) in [6.45, 7) is 1.20. The summed E-state index contributed by atoms with van der Waals surface area (Å²) in [7, 11) is 0. The molecule has 2 heteroatoms. The molecular formula is C15H20ClN. The second kappa shape index (κ2) is 4.99. The number of fused-ring (bicyclic) bond motifs is 1. The van der Waals surface area contributed by atoms with E-state index in [2.05, 4.69) is 17.4 Å². The quantitative estimate of drug-likeness (QED) is 0.850. The number of nitrogens with one attached hydrogen (secondary N) is 1. The number of benzene rings is 1. The van der Waals surface area contributed by atoms with Crippen molar-refractivity contribution in [1.29, 1.82) is 0 Å². The fraction of sp³-hybridized carbons (Fsp3) is 0.600. The van der Waals surface area contributed by atoms with Crippen LogP contribution in [0.25, 0.3) is 0 Å². The van der Waals surface area contributed by atoms with Crippen LogP contribution in [0.5, 0.6) is 0 Å². The summed E-state index contributed by atoms with van der Waals surface area (Å²) in [5.74, 6) is 0.923. The highest BCUT2D eigenvalue weighted by molar-refractivity contribution is 6.30. The molecule has 0 spiro atoms. The van der Waals surface area contributed by atoms with Gasteiger partial charge in [0.25, 0.3) is 0 Å². The molecule has 17 heavy (non-hydrogen) atoms. The van der Waals surface area contributed by atoms with Gasteiger partial charge in [-0.15, -0.1) is 0 Å². The van der Waals surface area contributed by atoms with Gasteiger partial charge in [-0.2, -0.15) is 0 Å². The summed E-state index contributed by atoms with van der Waals surface area (Å²) in [6, 6.07) is 6.93. The Morgan fingerprint density at radius 3 is 2.82 bits per heavy atom. The van der Waals surface area contributed by atoms with Gasteiger partial charge in [0.2, 0.25) is 0 Å². The Labute approximate surface area is 109 Å². The minimum absolute atomic E-state index is 0.572. The van der Waals surface area contributed by atoms with Crippen LogP contribution in [-0.2, 0) is 6.42 Å². The van der Waals surface area contributed by atoms with Gasteiger partial charge < -0.3 is 5.32 Å². The van der Waals surface area contributed by atoms with Crippen molar-refractivity contribution < 1.29 is 0 Å². The fourth-order valence-corrected chi connectivity index (χ4v) is 3.52. The molecule has 2 aliphatic carbocycles. The molecule has 2 aliphatic rings. The second-order valence-electron chi connectivity index (χ2n) is 5.49. The summed E-state index contributed by atoms with van der Waals surface area (Å²) in [5.41, 5.74) is 2.92. The van der Waals surface area contributed by atoms with Crippen molar-refractivity contribution >= 4 is 11.6 Å². The van der Waals surface area contributed by atoms with Crippen LogP contribution in [0.1, 0.15) is 49.3 Å². The Bertz CT molecular complexity index is 396. The molecule has 1 fully saturated rings. The number of aryl methyl sites for hydroxylation is 1. The molecular weight excluding hydrogens is 230 g/mol. The third kappa shape index (κ3) is 2.51. The number of halogens is 1. The molecule has 1 aromatic rings. The van der Waals surface area contributed by atoms with E-state index in [4.69, 9.17) is 11.6 Å². The molecule has 0 bridgehead atoms. The lowest BCUT2D eigenvalue weighted by Gasteiger charge is -2.17. The van der Waals surface area contributed by atoms with Crippen LogP contribution in [0.3, 0.4) is 0 Å². The van der Waals surface area contributed by atoms with E-state index in [-0.39, 0.29) is 0 Å². The maximum Gasteiger partial charge on any atom is 0.0408 e. The molecule has 0 aromatic heterocycles. The fourth-order valence-electron chi connectivity index (χ4n) is 3.32. The zero-order valence-corrected chi connectivity index (χ0v) is 11.0. The summed E-state index contributed by atoms with van der Waals surface area (Å²) >= 11 is 6.03. The lowest BCUT2D eigenvalue weighted by atomic mass is 10.1. The Hall–Kier alpha value is -0.530. The molecule has 1 atom stereocenters. The van der Waals surface area contributed by atoms with E-state index >= 15 is 0 Å². The molecule has 0 saturated heterocycles. The second-order valence-corrected chi connectivity index (χ2v) is 5.93. The first-order valence-corrected chi connectivity index (χ1v) is 7.22. The van der Waals surface area contributed by atoms with Crippen LogP contribution in [-0.4, -0.2) is 6.54 Å². The van der Waals surface area contributed by atoms with Gasteiger partial charge >= 0.3 is 0 Å². The zero-order chi connectivity index (χ0) is 11.7. The molecule has 0 aliphatic heterocycles. The van der Waals surface area contributed by atoms with Gasteiger partial charge in [0.1, 0.15) is 0 Å². The topological polar surface area (TPSA) is 12.0 Å². The predicted molar refractivity (Wildman–Crippen MR) is 72.5 cm³/mol. The van der Waals surface area contributed by atoms with Crippen molar-refractivity contribution in [3.05, 3.63) is 34.3 Å². The van der Waals surface area contributed by atoms with E-state index in [0.29, 0.717) is 6.04 Å². The lowest BCUT2D eigenvalue weighted by Crippen LogP contribution is -2.24. The van der Waals surface area contributed by atoms with Crippen molar-refractivity contribution in [2.24, 2.45) is 5.92 Å². The number of hydrogen-bond acceptors (Lipinski definition) is 1. The largest absolute Gasteiger partial charge is 0.310 e. The van der Waals surface area contributed by atoms with Crippen LogP contribution in [0, 0.1) is 5.92 Å². The van der Waals surface area contributed by atoms with Crippen LogP contribution in [0.4, 0.5) is 0 Å². The Kier molecular flexibility index (Phi) is 3.39. The first-order chi connectivity index (χ1) is 8.33. The van der Waals surface area contributed by atoms with Gasteiger partial charge in [-0.1, -0.05) is 30.5 Å². The SMILES string of the molecule is Clc1ccc2c(c1)CCC2NCC1CCCC1. The monoisotopic (exact) mass is 249 g/mol. The molecule has 92 valence electrons. The standard InChI is InChI=1S/C15H20ClN/c16-13-6-7-14-12(9-13)5-8-15(14)17-10-11-3-1-2-4-11/h6-7,9,11,15,17H,1-5,8,10H2. The summed E-state index contributed by atoms with van der Waals surface area (Å²) in [5, 5.41) is 4.63. The molecule has 1 N–H and O–H groups in total. The van der Waals surface area contributed by atoms with Gasteiger partial charge in [0.05, 0.1) is 0 Å². The van der Waals surface area contributed by atoms with Crippen molar-refractivity contribution in [3.63, 3.8) is 0 Å². The lowest BCUT2D eigenvalue weighted by molar-refractivity contribution is 0.436. The molecule has 0 heterocycles. The van der Waals surface area contributed by atoms with E-state index in [1.807, 2.05) is 6.07 Å². The average Bonchev–Trinajstić information content (AvgIpc) is 2.94. The minimum Gasteiger partial charge on any atom is -0.310 e. The van der Waals surface area contributed by atoms with Crippen LogP contribution >= 0.6 is 11.6 Å². The van der Waals surface area contributed by atoms with Crippen molar-refractivity contribution in [2.75, 3.05) is 6.54 Å². The van der Waals surface area contributed by atoms with Crippen molar-refractivity contribution in [3.8, 4) is 0 Å². The van der Waals surface area contributed by atoms with Gasteiger partial charge in [-0.05, 0) is 61.4 Å². The average molecular weight is 250 g/mol. The third-order valence-electron chi connectivity index (χ3n) is 4.31. The molecule has 1 saturated carbocycles. The summed E-state index contributed by atoms with van der Waals surface area (Å²) in [4.78, 5) is 0. The maximum absolute atomic E-state index is 6.03. The molecule has 0 amide bonds. The van der Waals surface area contributed by atoms with Crippen LogP contribution in [0.2, 0.25) is 5.02 Å². The van der Waals surface area contributed by atoms with Gasteiger partial charge in [0.15, 0.2) is 0 Å². The summed E-state index contributed by atoms with van der Waals surface area (Å²) < 4.78 is 0. The molecule has 1 aromatic carbocycles. The van der Waals surface area contributed by atoms with Crippen molar-refractivity contribution in [2.45, 2.75) is 44.6 Å². The highest BCUT2D eigenvalue weighted by Crippen LogP contribution is 2.33. The molecule has 3 rings (SSSR count). The Balaban J connectivity index is 1.63. The predicted octanol–water partition coefficient (Wildman–Crippen LogP) is 4.11. The van der Waals surface area contributed by atoms with E-state index < -0.39 is 0 Å². The van der Waals surface area contributed by atoms with Crippen LogP contribution in [0.15, 0.2) is 18.2 Å². The van der Waals surface area contributed by atoms with Gasteiger partial charge in [-0.25, -0.2) is 0 Å². The minimum atomic E-state index is 0.572. The Morgan fingerprint density at radius 2 is 2.00 bits per heavy atom. The number of hydrogen-bond donors (Lipinski definition) is 1. The normalized spacial score (nSPS) is 24.2. The number of rotatable bonds is 3. The van der Waals surface area contributed by atoms with Crippen LogP contribution < -0.4 is 5.32 Å². The van der Waals surface area contributed by atoms with E-state index in [0.717, 1.165) is 10.9 Å². The summed E-state index contributed by atoms with van der Waals surface area (Å²) in [6.07, 6.45) is 8.13. The Morgan fingerprint density at radius 1 is 1.18 bits per heavy atom. The third-order valence-corrected chi connectivity index (χ3v) is 4.55. The molecule has 0 radical (unpaired) electrons. The highest BCUT2D eigenvalue weighted by Gasteiger charge is 2.23. The van der Waals surface area contributed by atoms with E-state index in [9.17, 15) is 0 Å². The van der Waals surface area contributed by atoms with Crippen molar-refractivity contribution in [1.82, 2.24) is 5.32 Å². The van der Waals surface area contributed by atoms with E-state index in [1.54, 1.807) is 0 Å². The first kappa shape index (κ1) is 11.6.